The first-order chi connectivity index (χ1) is 11.3. The number of nitrogens with zero attached hydrogens (tertiary/aromatic N) is 4. The summed E-state index contributed by atoms with van der Waals surface area (Å²) in [6.07, 6.45) is 6.20. The van der Waals surface area contributed by atoms with Crippen molar-refractivity contribution in [3.8, 4) is 0 Å². The first-order valence-corrected chi connectivity index (χ1v) is 8.44. The Hall–Kier alpha value is -2.30. The summed E-state index contributed by atoms with van der Waals surface area (Å²) in [7, 11) is 0. The Morgan fingerprint density at radius 3 is 2.70 bits per heavy atom. The molecule has 1 aromatic carbocycles. The maximum absolute atomic E-state index is 12.9. The monoisotopic (exact) mass is 310 g/mol. The lowest BCUT2D eigenvalue weighted by Gasteiger charge is -2.37. The highest BCUT2D eigenvalue weighted by Crippen LogP contribution is 2.37. The third kappa shape index (κ3) is 2.71. The quantitative estimate of drug-likeness (QED) is 0.872. The number of rotatable bonds is 4. The minimum Gasteiger partial charge on any atom is -0.368 e. The predicted molar refractivity (Wildman–Crippen MR) is 91.0 cm³/mol. The molecule has 1 fully saturated rings. The van der Waals surface area contributed by atoms with Crippen LogP contribution in [0.25, 0.3) is 0 Å². The highest BCUT2D eigenvalue weighted by Gasteiger charge is 2.31. The molecule has 0 N–H and O–H groups in total. The zero-order valence-corrected chi connectivity index (χ0v) is 13.5. The Kier molecular flexibility index (Phi) is 3.56. The molecule has 1 saturated carbocycles. The standard InChI is InChI=1S/C18H22N4O/c1-2-21-13-15(11-19-21)18(23)22-10-9-20(12-14-7-8-14)16-5-3-4-6-17(16)22/h3-6,11,13-14H,2,7-10,12H2,1H3. The number of anilines is 2. The molecule has 5 heteroatoms. The van der Waals surface area contributed by atoms with Crippen molar-refractivity contribution in [1.29, 1.82) is 0 Å². The van der Waals surface area contributed by atoms with E-state index in [9.17, 15) is 4.79 Å². The van der Waals surface area contributed by atoms with Gasteiger partial charge in [-0.3, -0.25) is 9.48 Å². The molecule has 2 heterocycles. The van der Waals surface area contributed by atoms with Crippen molar-refractivity contribution in [2.24, 2.45) is 5.92 Å². The van der Waals surface area contributed by atoms with Crippen LogP contribution in [-0.4, -0.2) is 35.3 Å². The molecule has 0 radical (unpaired) electrons. The second-order valence-corrected chi connectivity index (χ2v) is 6.42. The molecule has 4 rings (SSSR count). The van der Waals surface area contributed by atoms with Crippen LogP contribution >= 0.6 is 0 Å². The van der Waals surface area contributed by atoms with Gasteiger partial charge in [-0.1, -0.05) is 12.1 Å². The van der Waals surface area contributed by atoms with Crippen LogP contribution < -0.4 is 9.80 Å². The van der Waals surface area contributed by atoms with Crippen molar-refractivity contribution in [2.45, 2.75) is 26.3 Å². The molecular formula is C18H22N4O. The first kappa shape index (κ1) is 14.3. The van der Waals surface area contributed by atoms with E-state index in [2.05, 4.69) is 28.2 Å². The van der Waals surface area contributed by atoms with Gasteiger partial charge in [-0.05, 0) is 37.8 Å². The fourth-order valence-electron chi connectivity index (χ4n) is 3.24. The van der Waals surface area contributed by atoms with E-state index in [4.69, 9.17) is 0 Å². The summed E-state index contributed by atoms with van der Waals surface area (Å²) >= 11 is 0. The largest absolute Gasteiger partial charge is 0.368 e. The highest BCUT2D eigenvalue weighted by atomic mass is 16.2. The van der Waals surface area contributed by atoms with Crippen LogP contribution in [0.1, 0.15) is 30.1 Å². The molecular weight excluding hydrogens is 288 g/mol. The Balaban J connectivity index is 1.62. The van der Waals surface area contributed by atoms with Gasteiger partial charge >= 0.3 is 0 Å². The molecule has 23 heavy (non-hydrogen) atoms. The Morgan fingerprint density at radius 2 is 2.00 bits per heavy atom. The number of hydrogen-bond donors (Lipinski definition) is 0. The summed E-state index contributed by atoms with van der Waals surface area (Å²) in [4.78, 5) is 17.2. The summed E-state index contributed by atoms with van der Waals surface area (Å²) in [5.41, 5.74) is 2.87. The van der Waals surface area contributed by atoms with E-state index in [-0.39, 0.29) is 5.91 Å². The van der Waals surface area contributed by atoms with E-state index in [0.29, 0.717) is 5.56 Å². The minimum atomic E-state index is 0.0446. The van der Waals surface area contributed by atoms with Crippen LogP contribution in [0.2, 0.25) is 0 Å². The molecule has 1 amide bonds. The van der Waals surface area contributed by atoms with Gasteiger partial charge in [0.05, 0.1) is 23.1 Å². The number of aryl methyl sites for hydroxylation is 1. The molecule has 2 aromatic rings. The van der Waals surface area contributed by atoms with Gasteiger partial charge in [-0.2, -0.15) is 5.10 Å². The Labute approximate surface area is 136 Å². The van der Waals surface area contributed by atoms with Crippen LogP contribution in [0, 0.1) is 5.92 Å². The molecule has 0 bridgehead atoms. The number of hydrogen-bond acceptors (Lipinski definition) is 3. The molecule has 0 spiro atoms. The summed E-state index contributed by atoms with van der Waals surface area (Å²) < 4.78 is 1.79. The molecule has 120 valence electrons. The van der Waals surface area contributed by atoms with Gasteiger partial charge in [0.1, 0.15) is 0 Å². The van der Waals surface area contributed by atoms with Crippen molar-refractivity contribution in [3.05, 3.63) is 42.2 Å². The molecule has 0 atom stereocenters. The average molecular weight is 310 g/mol. The van der Waals surface area contributed by atoms with E-state index >= 15 is 0 Å². The third-order valence-electron chi connectivity index (χ3n) is 4.73. The lowest BCUT2D eigenvalue weighted by atomic mass is 10.1. The van der Waals surface area contributed by atoms with E-state index in [1.807, 2.05) is 24.1 Å². The van der Waals surface area contributed by atoms with Crippen LogP contribution in [0.15, 0.2) is 36.7 Å². The normalized spacial score (nSPS) is 17.3. The van der Waals surface area contributed by atoms with Crippen molar-refractivity contribution < 1.29 is 4.79 Å². The maximum atomic E-state index is 12.9. The summed E-state index contributed by atoms with van der Waals surface area (Å²) in [6, 6.07) is 8.25. The van der Waals surface area contributed by atoms with Gasteiger partial charge in [0.15, 0.2) is 0 Å². The van der Waals surface area contributed by atoms with Gasteiger partial charge in [-0.15, -0.1) is 0 Å². The van der Waals surface area contributed by atoms with E-state index in [1.165, 1.54) is 18.5 Å². The van der Waals surface area contributed by atoms with Crippen molar-refractivity contribution in [3.63, 3.8) is 0 Å². The van der Waals surface area contributed by atoms with Crippen LogP contribution in [0.3, 0.4) is 0 Å². The number of para-hydroxylation sites is 2. The predicted octanol–water partition coefficient (Wildman–Crippen LogP) is 2.78. The Bertz CT molecular complexity index is 719. The fraction of sp³-hybridized carbons (Fsp3) is 0.444. The first-order valence-electron chi connectivity index (χ1n) is 8.44. The zero-order valence-electron chi connectivity index (χ0n) is 13.5. The molecule has 5 nitrogen and oxygen atoms in total. The SMILES string of the molecule is CCn1cc(C(=O)N2CCN(CC3CC3)c3ccccc32)cn1. The molecule has 1 aliphatic heterocycles. The summed E-state index contributed by atoms with van der Waals surface area (Å²) in [6.45, 7) is 5.56. The zero-order chi connectivity index (χ0) is 15.8. The number of fused-ring (bicyclic) bond motifs is 1. The number of carbonyl (C=O) groups is 1. The van der Waals surface area contributed by atoms with Crippen LogP contribution in [0.4, 0.5) is 11.4 Å². The van der Waals surface area contributed by atoms with Crippen molar-refractivity contribution >= 4 is 17.3 Å². The van der Waals surface area contributed by atoms with Gasteiger partial charge in [-0.25, -0.2) is 0 Å². The van der Waals surface area contributed by atoms with Gasteiger partial charge in [0.25, 0.3) is 5.91 Å². The molecule has 2 aliphatic rings. The van der Waals surface area contributed by atoms with Crippen LogP contribution in [-0.2, 0) is 6.54 Å². The fourth-order valence-corrected chi connectivity index (χ4v) is 3.24. The van der Waals surface area contributed by atoms with Gasteiger partial charge in [0, 0.05) is 32.4 Å². The summed E-state index contributed by atoms with van der Waals surface area (Å²) in [5.74, 6) is 0.885. The molecule has 1 aliphatic carbocycles. The van der Waals surface area contributed by atoms with Crippen molar-refractivity contribution in [1.82, 2.24) is 9.78 Å². The smallest absolute Gasteiger partial charge is 0.261 e. The lowest BCUT2D eigenvalue weighted by molar-refractivity contribution is 0.0986. The average Bonchev–Trinajstić information content (AvgIpc) is 3.27. The van der Waals surface area contributed by atoms with E-state index < -0.39 is 0 Å². The van der Waals surface area contributed by atoms with Crippen molar-refractivity contribution in [2.75, 3.05) is 29.4 Å². The second kappa shape index (κ2) is 5.72. The number of carbonyl (C=O) groups excluding carboxylic acids is 1. The molecule has 1 aromatic heterocycles. The summed E-state index contributed by atoms with van der Waals surface area (Å²) in [5, 5.41) is 4.23. The number of benzene rings is 1. The minimum absolute atomic E-state index is 0.0446. The number of amides is 1. The second-order valence-electron chi connectivity index (χ2n) is 6.42. The lowest BCUT2D eigenvalue weighted by Crippen LogP contribution is -2.44. The molecule has 0 unspecified atom stereocenters. The van der Waals surface area contributed by atoms with Crippen LogP contribution in [0.5, 0.6) is 0 Å². The number of aromatic nitrogens is 2. The van der Waals surface area contributed by atoms with Gasteiger partial charge < -0.3 is 9.80 Å². The van der Waals surface area contributed by atoms with E-state index in [0.717, 1.165) is 37.8 Å². The highest BCUT2D eigenvalue weighted by molar-refractivity contribution is 6.08. The Morgan fingerprint density at radius 1 is 1.22 bits per heavy atom. The molecule has 0 saturated heterocycles. The third-order valence-corrected chi connectivity index (χ3v) is 4.73. The van der Waals surface area contributed by atoms with E-state index in [1.54, 1.807) is 10.9 Å². The maximum Gasteiger partial charge on any atom is 0.261 e. The van der Waals surface area contributed by atoms with Gasteiger partial charge in [0.2, 0.25) is 0 Å². The topological polar surface area (TPSA) is 41.4 Å².